The molecule has 0 heterocycles. The number of nitrogens with one attached hydrogen (secondary N) is 2. The highest BCUT2D eigenvalue weighted by Crippen LogP contribution is 2.25. The van der Waals surface area contributed by atoms with E-state index in [4.69, 9.17) is 9.47 Å². The van der Waals surface area contributed by atoms with Crippen LogP contribution in [0.25, 0.3) is 0 Å². The number of carbonyl (C=O) groups is 2. The van der Waals surface area contributed by atoms with Crippen LogP contribution in [-0.2, 0) is 9.53 Å². The minimum atomic E-state index is -0.321. The van der Waals surface area contributed by atoms with Gasteiger partial charge in [-0.25, -0.2) is 0 Å². The summed E-state index contributed by atoms with van der Waals surface area (Å²) in [5, 5.41) is 5.59. The molecule has 2 aromatic carbocycles. The Bertz CT molecular complexity index is 790. The number of benzene rings is 2. The lowest BCUT2D eigenvalue weighted by atomic mass is 10.0. The summed E-state index contributed by atoms with van der Waals surface area (Å²) in [6, 6.07) is 14.6. The van der Waals surface area contributed by atoms with Gasteiger partial charge in [-0.3, -0.25) is 9.59 Å². The van der Waals surface area contributed by atoms with Gasteiger partial charge in [-0.1, -0.05) is 44.2 Å². The van der Waals surface area contributed by atoms with Crippen molar-refractivity contribution in [2.75, 3.05) is 32.2 Å². The number of ether oxygens (including phenoxy) is 2. The predicted octanol–water partition coefficient (Wildman–Crippen LogP) is 3.59. The molecule has 0 aliphatic carbocycles. The summed E-state index contributed by atoms with van der Waals surface area (Å²) in [7, 11) is 1.62. The van der Waals surface area contributed by atoms with E-state index in [9.17, 15) is 9.59 Å². The number of methoxy groups -OCH3 is 1. The Labute approximate surface area is 166 Å². The summed E-state index contributed by atoms with van der Waals surface area (Å²) in [4.78, 5) is 24.7. The van der Waals surface area contributed by atoms with Crippen LogP contribution >= 0.6 is 0 Å². The average molecular weight is 384 g/mol. The first-order valence-electron chi connectivity index (χ1n) is 9.40. The Morgan fingerprint density at radius 1 is 1.04 bits per heavy atom. The molecule has 0 aliphatic heterocycles. The molecule has 0 radical (unpaired) electrons. The lowest BCUT2D eigenvalue weighted by molar-refractivity contribution is -0.118. The van der Waals surface area contributed by atoms with Gasteiger partial charge < -0.3 is 20.1 Å². The second kappa shape index (κ2) is 11.1. The van der Waals surface area contributed by atoms with Crippen LogP contribution in [0.3, 0.4) is 0 Å². The molecule has 0 fully saturated rings. The second-order valence-electron chi connectivity index (χ2n) is 6.68. The van der Waals surface area contributed by atoms with Crippen LogP contribution in [0, 0.1) is 0 Å². The fourth-order valence-corrected chi connectivity index (χ4v) is 2.72. The molecule has 0 atom stereocenters. The summed E-state index contributed by atoms with van der Waals surface area (Å²) in [5.74, 6) is 0.426. The van der Waals surface area contributed by atoms with Crippen molar-refractivity contribution in [2.45, 2.75) is 26.2 Å². The van der Waals surface area contributed by atoms with Crippen molar-refractivity contribution in [1.82, 2.24) is 5.32 Å². The Kier molecular flexibility index (Phi) is 8.49. The van der Waals surface area contributed by atoms with Gasteiger partial charge >= 0.3 is 0 Å². The average Bonchev–Trinajstić information content (AvgIpc) is 2.70. The van der Waals surface area contributed by atoms with Crippen molar-refractivity contribution in [3.63, 3.8) is 0 Å². The zero-order valence-electron chi connectivity index (χ0n) is 16.7. The molecule has 0 saturated carbocycles. The van der Waals surface area contributed by atoms with Gasteiger partial charge in [-0.2, -0.15) is 0 Å². The number of para-hydroxylation sites is 2. The Hall–Kier alpha value is -2.86. The number of hydrogen-bond donors (Lipinski definition) is 2. The van der Waals surface area contributed by atoms with E-state index in [1.165, 1.54) is 0 Å². The highest BCUT2D eigenvalue weighted by atomic mass is 16.5. The highest BCUT2D eigenvalue weighted by Gasteiger charge is 2.14. The van der Waals surface area contributed by atoms with Crippen LogP contribution in [-0.4, -0.2) is 38.7 Å². The second-order valence-corrected chi connectivity index (χ2v) is 6.68. The third-order valence-electron chi connectivity index (χ3n) is 4.16. The van der Waals surface area contributed by atoms with Crippen molar-refractivity contribution in [3.8, 4) is 5.75 Å². The van der Waals surface area contributed by atoms with E-state index >= 15 is 0 Å². The molecule has 6 heteroatoms. The van der Waals surface area contributed by atoms with Gasteiger partial charge in [-0.15, -0.1) is 0 Å². The maximum atomic E-state index is 12.4. The van der Waals surface area contributed by atoms with Crippen LogP contribution < -0.4 is 15.4 Å². The fraction of sp³-hybridized carbons (Fsp3) is 0.364. The van der Waals surface area contributed by atoms with Crippen molar-refractivity contribution >= 4 is 17.5 Å². The maximum absolute atomic E-state index is 12.4. The smallest absolute Gasteiger partial charge is 0.262 e. The third kappa shape index (κ3) is 6.39. The third-order valence-corrected chi connectivity index (χ3v) is 4.16. The van der Waals surface area contributed by atoms with Crippen LogP contribution in [0.4, 0.5) is 5.69 Å². The summed E-state index contributed by atoms with van der Waals surface area (Å²) in [6.07, 6.45) is 0.722. The molecule has 0 spiro atoms. The number of rotatable bonds is 10. The molecule has 0 saturated heterocycles. The SMILES string of the molecule is COCCCNC(=O)c1ccccc1NC(=O)COc1ccccc1C(C)C. The minimum absolute atomic E-state index is 0.131. The van der Waals surface area contributed by atoms with Crippen LogP contribution in [0.15, 0.2) is 48.5 Å². The van der Waals surface area contributed by atoms with E-state index in [1.807, 2.05) is 24.3 Å². The standard InChI is InChI=1S/C22H28N2O4/c1-16(2)17-9-5-7-12-20(17)28-15-21(25)24-19-11-6-4-10-18(19)22(26)23-13-8-14-27-3/h4-7,9-12,16H,8,13-15H2,1-3H3,(H,23,26)(H,24,25). The monoisotopic (exact) mass is 384 g/mol. The summed E-state index contributed by atoms with van der Waals surface area (Å²) in [5.41, 5.74) is 1.92. The summed E-state index contributed by atoms with van der Waals surface area (Å²) in [6.45, 7) is 5.10. The first kappa shape index (κ1) is 21.4. The number of carbonyl (C=O) groups excluding carboxylic acids is 2. The molecule has 6 nitrogen and oxygen atoms in total. The normalized spacial score (nSPS) is 10.6. The molecule has 0 bridgehead atoms. The van der Waals surface area contributed by atoms with Crippen LogP contribution in [0.1, 0.15) is 42.1 Å². The van der Waals surface area contributed by atoms with Gasteiger partial charge in [0.1, 0.15) is 5.75 Å². The molecule has 2 N–H and O–H groups in total. The molecule has 28 heavy (non-hydrogen) atoms. The van der Waals surface area contributed by atoms with Crippen molar-refractivity contribution in [2.24, 2.45) is 0 Å². The highest BCUT2D eigenvalue weighted by molar-refractivity contribution is 6.04. The lowest BCUT2D eigenvalue weighted by Crippen LogP contribution is -2.27. The number of amides is 2. The van der Waals surface area contributed by atoms with E-state index in [-0.39, 0.29) is 18.4 Å². The molecule has 0 aromatic heterocycles. The summed E-state index contributed by atoms with van der Waals surface area (Å²) < 4.78 is 10.7. The Balaban J connectivity index is 1.96. The van der Waals surface area contributed by atoms with E-state index in [1.54, 1.807) is 31.4 Å². The first-order chi connectivity index (χ1) is 13.5. The van der Waals surface area contributed by atoms with Crippen LogP contribution in [0.2, 0.25) is 0 Å². The van der Waals surface area contributed by atoms with E-state index < -0.39 is 0 Å². The lowest BCUT2D eigenvalue weighted by Gasteiger charge is -2.15. The quantitative estimate of drug-likeness (QED) is 0.614. The predicted molar refractivity (Wildman–Crippen MR) is 110 cm³/mol. The van der Waals surface area contributed by atoms with Crippen molar-refractivity contribution in [3.05, 3.63) is 59.7 Å². The van der Waals surface area contributed by atoms with E-state index in [0.29, 0.717) is 36.1 Å². The van der Waals surface area contributed by atoms with Gasteiger partial charge in [0.2, 0.25) is 0 Å². The zero-order chi connectivity index (χ0) is 20.4. The molecule has 0 aliphatic rings. The van der Waals surface area contributed by atoms with Gasteiger partial charge in [0, 0.05) is 20.3 Å². The first-order valence-corrected chi connectivity index (χ1v) is 9.40. The molecular weight excluding hydrogens is 356 g/mol. The van der Waals surface area contributed by atoms with Gasteiger partial charge in [0.25, 0.3) is 11.8 Å². The number of anilines is 1. The molecule has 2 aromatic rings. The molecule has 0 unspecified atom stereocenters. The van der Waals surface area contributed by atoms with Gasteiger partial charge in [0.15, 0.2) is 6.61 Å². The van der Waals surface area contributed by atoms with Crippen LogP contribution in [0.5, 0.6) is 5.75 Å². The zero-order valence-corrected chi connectivity index (χ0v) is 16.7. The maximum Gasteiger partial charge on any atom is 0.262 e. The number of hydrogen-bond acceptors (Lipinski definition) is 4. The molecule has 2 rings (SSSR count). The van der Waals surface area contributed by atoms with E-state index in [0.717, 1.165) is 12.0 Å². The topological polar surface area (TPSA) is 76.7 Å². The summed E-state index contributed by atoms with van der Waals surface area (Å²) >= 11 is 0. The Morgan fingerprint density at radius 2 is 1.75 bits per heavy atom. The largest absolute Gasteiger partial charge is 0.483 e. The molecule has 150 valence electrons. The molecule has 2 amide bonds. The molecular formula is C22H28N2O4. The minimum Gasteiger partial charge on any atom is -0.483 e. The van der Waals surface area contributed by atoms with Crippen molar-refractivity contribution in [1.29, 1.82) is 0 Å². The van der Waals surface area contributed by atoms with Crippen molar-refractivity contribution < 1.29 is 19.1 Å². The fourth-order valence-electron chi connectivity index (χ4n) is 2.72. The van der Waals surface area contributed by atoms with Gasteiger partial charge in [-0.05, 0) is 36.1 Å². The van der Waals surface area contributed by atoms with E-state index in [2.05, 4.69) is 24.5 Å². The van der Waals surface area contributed by atoms with Gasteiger partial charge in [0.05, 0.1) is 11.3 Å². The Morgan fingerprint density at radius 3 is 2.50 bits per heavy atom.